The first-order chi connectivity index (χ1) is 58.1. The molecule has 18 rings (SSSR count). The normalized spacial score (nSPS) is 11.8. The molecule has 0 atom stereocenters. The van der Waals surface area contributed by atoms with Crippen molar-refractivity contribution >= 4 is 116 Å². The number of ketones is 3. The van der Waals surface area contributed by atoms with Crippen LogP contribution < -0.4 is 0 Å². The van der Waals surface area contributed by atoms with E-state index >= 15 is 0 Å². The Morgan fingerprint density at radius 3 is 0.968 bits per heavy atom. The summed E-state index contributed by atoms with van der Waals surface area (Å²) < 4.78 is 37.5. The van der Waals surface area contributed by atoms with Crippen molar-refractivity contribution in [3.05, 3.63) is 306 Å². The number of carbonyl (C=O) groups excluding carboxylic acids is 3. The van der Waals surface area contributed by atoms with Gasteiger partial charge in [0.15, 0.2) is 17.3 Å². The Morgan fingerprint density at radius 1 is 0.344 bits per heavy atom. The molecule has 0 spiro atoms. The van der Waals surface area contributed by atoms with E-state index in [2.05, 4.69) is 204 Å². The molecule has 0 fully saturated rings. The number of furan rings is 6. The van der Waals surface area contributed by atoms with Crippen LogP contribution in [0.5, 0.6) is 0 Å². The van der Waals surface area contributed by atoms with Gasteiger partial charge in [-0.05, 0) is 164 Å². The number of hydrogen-bond donors (Lipinski definition) is 3. The van der Waals surface area contributed by atoms with E-state index in [1.54, 1.807) is 0 Å². The van der Waals surface area contributed by atoms with Crippen molar-refractivity contribution in [3.63, 3.8) is 0 Å². The maximum Gasteiger partial charge on any atom is 0.217 e. The van der Waals surface area contributed by atoms with E-state index in [4.69, 9.17) is 56.8 Å². The molecule has 0 aliphatic heterocycles. The number of aliphatic hydroxyl groups excluding tert-OH is 3. The predicted molar refractivity (Wildman–Crippen MR) is 494 cm³/mol. The van der Waals surface area contributed by atoms with Crippen molar-refractivity contribution in [1.29, 1.82) is 0 Å². The second-order valence-corrected chi connectivity index (χ2v) is 33.6. The van der Waals surface area contributed by atoms with Crippen molar-refractivity contribution < 1.29 is 117 Å². The SMILES string of the molecule is CC(=O)C=C(C)O.CC(=O)C=C(C)O.CC(=O)C=C(C)O.CC(C)(C)c1cc(-c2cc3ccc(-c4[c-]ccc5c4oc4ccccc45)nc3o2)cc(C(C)(C)C)c1.CC(C)c1ccc(-c2cc3ccc(-c4[c-]ccc5c4oc4ccccc45)nc3o2)cc1.CC(C)c1cccc(C(C)C)c1-c1cc2ccc(-c3[c-]ccc4c3oc3ccccc34)nc2o1.[Ir].[Ir].[Ir]. The Bertz CT molecular complexity index is 6890. The molecule has 9 aromatic carbocycles. The fraction of sp³-hybridized carbons (Fsp3) is 0.215. The van der Waals surface area contributed by atoms with Crippen LogP contribution in [0.25, 0.3) is 167 Å². The smallest absolute Gasteiger partial charge is 0.217 e. The van der Waals surface area contributed by atoms with Crippen molar-refractivity contribution in [2.24, 2.45) is 0 Å². The summed E-state index contributed by atoms with van der Waals surface area (Å²) in [6, 6.07) is 86.6. The molecule has 0 aliphatic rings. The van der Waals surface area contributed by atoms with Crippen molar-refractivity contribution in [3.8, 4) is 67.7 Å². The molecule has 3 radical (unpaired) electrons. The van der Waals surface area contributed by atoms with Gasteiger partial charge in [0.2, 0.25) is 17.1 Å². The van der Waals surface area contributed by atoms with E-state index in [-0.39, 0.29) is 106 Å². The van der Waals surface area contributed by atoms with Gasteiger partial charge in [-0.25, -0.2) is 0 Å². The van der Waals surface area contributed by atoms with Gasteiger partial charge in [-0.2, -0.15) is 0 Å². The number of pyridine rings is 3. The van der Waals surface area contributed by atoms with Gasteiger partial charge in [-0.15, -0.1) is 54.6 Å². The van der Waals surface area contributed by atoms with E-state index in [9.17, 15) is 14.4 Å². The zero-order chi connectivity index (χ0) is 87.2. The molecule has 125 heavy (non-hydrogen) atoms. The van der Waals surface area contributed by atoms with Crippen LogP contribution in [0.4, 0.5) is 0 Å². The molecule has 0 unspecified atom stereocenters. The Kier molecular flexibility index (Phi) is 31.1. The Morgan fingerprint density at radius 2 is 0.664 bits per heavy atom. The number of fused-ring (bicyclic) bond motifs is 12. The number of hydrogen-bond acceptors (Lipinski definition) is 15. The van der Waals surface area contributed by atoms with Gasteiger partial charge in [0, 0.05) is 128 Å². The average Bonchev–Trinajstić information content (AvgIpc) is 1.62. The molecule has 18 heteroatoms. The number of nitrogens with zero attached hydrogens (tertiary/aromatic N) is 3. The molecule has 9 heterocycles. The largest absolute Gasteiger partial charge is 0.512 e. The van der Waals surface area contributed by atoms with Gasteiger partial charge >= 0.3 is 0 Å². The van der Waals surface area contributed by atoms with E-state index in [0.29, 0.717) is 34.9 Å². The third-order valence-electron chi connectivity index (χ3n) is 20.6. The standard InChI is InChI=1S/C33H30NO2.C31H26NO2.C28H20NO2.3C5H8O2.3Ir/c1-32(2,3)22-16-21(17-23(19-22)33(4,5)6)29-18-20-14-15-27(34-31(20)36-29)26-12-9-11-25-24-10-7-8-13-28(24)35-30(25)26;1-18(2)21-10-7-11-22(19(3)4)29(21)28-17-20-15-16-26(32-31(20)34-28)25-13-8-12-24-23-9-5-6-14-27(23)33-30(24)25;1-17(2)18-10-12-19(13-11-18)26-16-20-14-15-24(29-28(20)31-26)23-8-5-7-22-21-6-3-4-9-25(21)30-27(22)23;3*1-4(6)3-5(2)7;;;/h7-11,13-19H,1-6H3;5-12,14-19H,1-4H3;3-7,9-17H,1-2H3;3*3,6H,1-2H3;;;/q3*-1;;;;;;. The molecule has 0 bridgehead atoms. The van der Waals surface area contributed by atoms with Gasteiger partial charge in [-0.3, -0.25) is 29.3 Å². The molecule has 9 aromatic heterocycles. The van der Waals surface area contributed by atoms with E-state index < -0.39 is 0 Å². The summed E-state index contributed by atoms with van der Waals surface area (Å²) in [5.41, 5.74) is 21.6. The maximum atomic E-state index is 10.0. The van der Waals surface area contributed by atoms with Crippen LogP contribution in [0.2, 0.25) is 0 Å². The number of aromatic nitrogens is 3. The van der Waals surface area contributed by atoms with Crippen LogP contribution in [-0.4, -0.2) is 47.6 Å². The van der Waals surface area contributed by atoms with Crippen LogP contribution in [-0.2, 0) is 85.5 Å². The molecule has 0 saturated heterocycles. The number of benzene rings is 9. The first kappa shape index (κ1) is 95.3. The van der Waals surface area contributed by atoms with Gasteiger partial charge in [-0.1, -0.05) is 255 Å². The molecule has 0 aliphatic carbocycles. The first-order valence-corrected chi connectivity index (χ1v) is 40.9. The molecule has 15 nitrogen and oxygen atoms in total. The minimum absolute atomic E-state index is 0. The Labute approximate surface area is 768 Å². The second-order valence-electron chi connectivity index (χ2n) is 33.6. The predicted octanol–water partition coefficient (Wildman–Crippen LogP) is 29.7. The van der Waals surface area contributed by atoms with Gasteiger partial charge in [0.1, 0.15) is 34.0 Å². The quantitative estimate of drug-likeness (QED) is 0.0587. The zero-order valence-electron chi connectivity index (χ0n) is 73.2. The first-order valence-electron chi connectivity index (χ1n) is 40.9. The van der Waals surface area contributed by atoms with Crippen LogP contribution >= 0.6 is 0 Å². The van der Waals surface area contributed by atoms with E-state index in [0.717, 1.165) is 144 Å². The number of rotatable bonds is 12. The molecular formula is C107H100Ir3N3O12-3. The molecule has 645 valence electrons. The maximum absolute atomic E-state index is 10.0. The number of allylic oxidation sites excluding steroid dienone is 6. The average molecular weight is 2200 g/mol. The molecular weight excluding hydrogens is 2100 g/mol. The second kappa shape index (κ2) is 40.8. The zero-order valence-corrected chi connectivity index (χ0v) is 80.4. The van der Waals surface area contributed by atoms with Crippen LogP contribution in [0.1, 0.15) is 170 Å². The number of para-hydroxylation sites is 3. The number of carbonyl (C=O) groups is 3. The summed E-state index contributed by atoms with van der Waals surface area (Å²) in [5, 5.41) is 34.5. The monoisotopic (exact) mass is 2200 g/mol. The third kappa shape index (κ3) is 22.4. The third-order valence-corrected chi connectivity index (χ3v) is 20.6. The van der Waals surface area contributed by atoms with Crippen LogP contribution in [0, 0.1) is 18.2 Å². The number of aliphatic hydroxyl groups is 3. The molecule has 0 saturated carbocycles. The molecule has 0 amide bonds. The van der Waals surface area contributed by atoms with Crippen molar-refractivity contribution in [2.75, 3.05) is 0 Å². The van der Waals surface area contributed by atoms with Crippen LogP contribution in [0.15, 0.2) is 286 Å². The fourth-order valence-corrected chi connectivity index (χ4v) is 14.6. The van der Waals surface area contributed by atoms with E-state index in [1.165, 1.54) is 93.2 Å². The van der Waals surface area contributed by atoms with Crippen molar-refractivity contribution in [2.45, 2.75) is 153 Å². The van der Waals surface area contributed by atoms with Crippen LogP contribution in [0.3, 0.4) is 0 Å². The topological polar surface area (TPSA) is 229 Å². The molecule has 18 aromatic rings. The fourth-order valence-electron chi connectivity index (χ4n) is 14.6. The van der Waals surface area contributed by atoms with E-state index in [1.807, 2.05) is 121 Å². The summed E-state index contributed by atoms with van der Waals surface area (Å²) in [7, 11) is 0. The van der Waals surface area contributed by atoms with Gasteiger partial charge in [0.05, 0.1) is 34.0 Å². The summed E-state index contributed by atoms with van der Waals surface area (Å²) in [4.78, 5) is 44.7. The van der Waals surface area contributed by atoms with Gasteiger partial charge in [0.25, 0.3) is 0 Å². The summed E-state index contributed by atoms with van der Waals surface area (Å²) >= 11 is 0. The van der Waals surface area contributed by atoms with Gasteiger partial charge < -0.3 is 41.8 Å². The summed E-state index contributed by atoms with van der Waals surface area (Å²) in [6.45, 7) is 35.3. The molecule has 3 N–H and O–H groups in total. The Balaban J connectivity index is 0.000000174. The van der Waals surface area contributed by atoms with Crippen molar-refractivity contribution in [1.82, 2.24) is 15.0 Å². The Hall–Kier alpha value is -12.0. The summed E-state index contributed by atoms with van der Waals surface area (Å²) in [5.74, 6) is 3.63. The summed E-state index contributed by atoms with van der Waals surface area (Å²) in [6.07, 6.45) is 3.50. The minimum atomic E-state index is -0.125. The minimum Gasteiger partial charge on any atom is -0.512 e.